The number of hydrogen-bond acceptors (Lipinski definition) is 3. The zero-order chi connectivity index (χ0) is 15.0. The van der Waals surface area contributed by atoms with E-state index in [1.165, 1.54) is 6.07 Å². The van der Waals surface area contributed by atoms with Crippen molar-refractivity contribution < 1.29 is 9.18 Å². The number of carbonyl (C=O) groups excluding carboxylic acids is 1. The van der Waals surface area contributed by atoms with Gasteiger partial charge in [-0.2, -0.15) is 0 Å². The van der Waals surface area contributed by atoms with Crippen LogP contribution in [-0.4, -0.2) is 32.6 Å². The van der Waals surface area contributed by atoms with Gasteiger partial charge >= 0.3 is 0 Å². The van der Waals surface area contributed by atoms with Gasteiger partial charge in [-0.25, -0.2) is 4.39 Å². The van der Waals surface area contributed by atoms with Gasteiger partial charge in [-0.15, -0.1) is 0 Å². The van der Waals surface area contributed by atoms with E-state index in [9.17, 15) is 9.18 Å². The van der Waals surface area contributed by atoms with Gasteiger partial charge in [0.25, 0.3) is 0 Å². The van der Waals surface area contributed by atoms with E-state index < -0.39 is 0 Å². The molecule has 0 aliphatic heterocycles. The molecule has 0 aliphatic rings. The molecule has 112 valence electrons. The number of hydrogen-bond donors (Lipinski definition) is 2. The fourth-order valence-electron chi connectivity index (χ4n) is 1.95. The molecule has 1 aromatic rings. The maximum Gasteiger partial charge on any atom is 0.239 e. The minimum absolute atomic E-state index is 0.0481. The summed E-state index contributed by atoms with van der Waals surface area (Å²) in [7, 11) is 1.80. The van der Waals surface area contributed by atoms with Gasteiger partial charge in [0, 0.05) is 31.4 Å². The number of rotatable bonds is 8. The average molecular weight is 281 g/mol. The summed E-state index contributed by atoms with van der Waals surface area (Å²) in [5.74, 6) is -0.294. The monoisotopic (exact) mass is 281 g/mol. The smallest absolute Gasteiger partial charge is 0.239 e. The second-order valence-corrected chi connectivity index (χ2v) is 4.72. The number of amides is 1. The van der Waals surface area contributed by atoms with Gasteiger partial charge in [-0.05, 0) is 25.1 Å². The zero-order valence-corrected chi connectivity index (χ0v) is 12.5. The second-order valence-electron chi connectivity index (χ2n) is 4.72. The predicted molar refractivity (Wildman–Crippen MR) is 80.4 cm³/mol. The Bertz CT molecular complexity index is 437. The van der Waals surface area contributed by atoms with Crippen molar-refractivity contribution in [2.45, 2.75) is 26.8 Å². The summed E-state index contributed by atoms with van der Waals surface area (Å²) in [6.07, 6.45) is 0.904. The second kappa shape index (κ2) is 8.53. The van der Waals surface area contributed by atoms with Crippen molar-refractivity contribution >= 4 is 11.6 Å². The lowest BCUT2D eigenvalue weighted by atomic mass is 10.1. The predicted octanol–water partition coefficient (Wildman–Crippen LogP) is 1.90. The summed E-state index contributed by atoms with van der Waals surface area (Å²) >= 11 is 0. The highest BCUT2D eigenvalue weighted by Gasteiger charge is 2.13. The number of nitrogens with one attached hydrogen (secondary N) is 2. The van der Waals surface area contributed by atoms with Crippen molar-refractivity contribution in [1.82, 2.24) is 10.6 Å². The Kier molecular flexibility index (Phi) is 7.01. The van der Waals surface area contributed by atoms with Crippen LogP contribution >= 0.6 is 0 Å². The maximum absolute atomic E-state index is 13.9. The molecule has 1 rings (SSSR count). The lowest BCUT2D eigenvalue weighted by Crippen LogP contribution is -2.36. The van der Waals surface area contributed by atoms with Crippen LogP contribution in [0.1, 0.15) is 25.8 Å². The van der Waals surface area contributed by atoms with E-state index in [0.29, 0.717) is 18.7 Å². The minimum atomic E-state index is -0.246. The Morgan fingerprint density at radius 3 is 2.75 bits per heavy atom. The number of nitrogens with zero attached hydrogens (tertiary/aromatic N) is 1. The number of benzene rings is 1. The first kappa shape index (κ1) is 16.4. The zero-order valence-electron chi connectivity index (χ0n) is 12.5. The first-order valence-corrected chi connectivity index (χ1v) is 7.06. The Balaban J connectivity index is 2.78. The fraction of sp³-hybridized carbons (Fsp3) is 0.533. The normalized spacial score (nSPS) is 10.4. The molecule has 0 atom stereocenters. The summed E-state index contributed by atoms with van der Waals surface area (Å²) in [6.45, 7) is 6.10. The SMILES string of the molecule is CCCNC(=O)CN(C)c1cccc(F)c1CNCC. The van der Waals surface area contributed by atoms with Gasteiger partial charge in [0.15, 0.2) is 0 Å². The van der Waals surface area contributed by atoms with E-state index in [2.05, 4.69) is 10.6 Å². The fourth-order valence-corrected chi connectivity index (χ4v) is 1.95. The number of carbonyl (C=O) groups is 1. The molecule has 0 fully saturated rings. The third-order valence-electron chi connectivity index (χ3n) is 3.01. The molecule has 1 aromatic carbocycles. The van der Waals surface area contributed by atoms with Crippen LogP contribution in [0.25, 0.3) is 0 Å². The number of likely N-dealkylation sites (N-methyl/N-ethyl adjacent to an activating group) is 1. The molecule has 1 amide bonds. The molecule has 2 N–H and O–H groups in total. The van der Waals surface area contributed by atoms with Gasteiger partial charge in [-0.1, -0.05) is 19.9 Å². The van der Waals surface area contributed by atoms with Gasteiger partial charge in [-0.3, -0.25) is 4.79 Å². The molecule has 0 radical (unpaired) electrons. The molecule has 4 nitrogen and oxygen atoms in total. The van der Waals surface area contributed by atoms with Crippen LogP contribution in [0.4, 0.5) is 10.1 Å². The number of anilines is 1. The third kappa shape index (κ3) is 4.81. The highest BCUT2D eigenvalue weighted by molar-refractivity contribution is 5.81. The first-order chi connectivity index (χ1) is 9.60. The highest BCUT2D eigenvalue weighted by atomic mass is 19.1. The first-order valence-electron chi connectivity index (χ1n) is 7.06. The largest absolute Gasteiger partial charge is 0.365 e. The molecule has 0 aromatic heterocycles. The van der Waals surface area contributed by atoms with Crippen LogP contribution < -0.4 is 15.5 Å². The third-order valence-corrected chi connectivity index (χ3v) is 3.01. The topological polar surface area (TPSA) is 44.4 Å². The van der Waals surface area contributed by atoms with Crippen molar-refractivity contribution in [3.8, 4) is 0 Å². The quantitative estimate of drug-likeness (QED) is 0.765. The summed E-state index contributed by atoms with van der Waals surface area (Å²) in [4.78, 5) is 13.5. The van der Waals surface area contributed by atoms with E-state index in [-0.39, 0.29) is 18.3 Å². The van der Waals surface area contributed by atoms with Gasteiger partial charge in [0.2, 0.25) is 5.91 Å². The molecule has 0 saturated heterocycles. The average Bonchev–Trinajstić information content (AvgIpc) is 2.43. The summed E-state index contributed by atoms with van der Waals surface area (Å²) in [6, 6.07) is 4.95. The molecular weight excluding hydrogens is 257 g/mol. The van der Waals surface area contributed by atoms with Crippen LogP contribution in [0.2, 0.25) is 0 Å². The molecule has 0 unspecified atom stereocenters. The van der Waals surface area contributed by atoms with Crippen molar-refractivity contribution in [2.75, 3.05) is 31.6 Å². The van der Waals surface area contributed by atoms with E-state index in [0.717, 1.165) is 18.7 Å². The van der Waals surface area contributed by atoms with Crippen molar-refractivity contribution in [3.05, 3.63) is 29.6 Å². The van der Waals surface area contributed by atoms with Gasteiger partial charge < -0.3 is 15.5 Å². The summed E-state index contributed by atoms with van der Waals surface area (Å²) in [5, 5.41) is 5.94. The molecular formula is C15H24FN3O. The molecule has 20 heavy (non-hydrogen) atoms. The lowest BCUT2D eigenvalue weighted by molar-refractivity contribution is -0.119. The molecule has 0 spiro atoms. The Morgan fingerprint density at radius 2 is 2.10 bits per heavy atom. The summed E-state index contributed by atoms with van der Waals surface area (Å²) < 4.78 is 13.9. The molecule has 0 heterocycles. The van der Waals surface area contributed by atoms with Gasteiger partial charge in [0.05, 0.1) is 6.54 Å². The Labute approximate surface area is 120 Å². The van der Waals surface area contributed by atoms with E-state index in [4.69, 9.17) is 0 Å². The Hall–Kier alpha value is -1.62. The van der Waals surface area contributed by atoms with E-state index >= 15 is 0 Å². The van der Waals surface area contributed by atoms with Crippen molar-refractivity contribution in [3.63, 3.8) is 0 Å². The van der Waals surface area contributed by atoms with Gasteiger partial charge in [0.1, 0.15) is 5.82 Å². The maximum atomic E-state index is 13.9. The Morgan fingerprint density at radius 1 is 1.35 bits per heavy atom. The van der Waals surface area contributed by atoms with Crippen molar-refractivity contribution in [1.29, 1.82) is 0 Å². The summed E-state index contributed by atoms with van der Waals surface area (Å²) in [5.41, 5.74) is 1.35. The molecule has 0 bridgehead atoms. The van der Waals surface area contributed by atoms with Crippen LogP contribution in [0.5, 0.6) is 0 Å². The minimum Gasteiger partial charge on any atom is -0.365 e. The van der Waals surface area contributed by atoms with Crippen molar-refractivity contribution in [2.24, 2.45) is 0 Å². The van der Waals surface area contributed by atoms with E-state index in [1.807, 2.05) is 19.9 Å². The van der Waals surface area contributed by atoms with Crippen LogP contribution in [-0.2, 0) is 11.3 Å². The lowest BCUT2D eigenvalue weighted by Gasteiger charge is -2.22. The van der Waals surface area contributed by atoms with E-state index in [1.54, 1.807) is 18.0 Å². The number of halogens is 1. The molecule has 0 saturated carbocycles. The van der Waals surface area contributed by atoms with Crippen LogP contribution in [0, 0.1) is 5.82 Å². The molecule has 0 aliphatic carbocycles. The van der Waals surface area contributed by atoms with Crippen LogP contribution in [0.15, 0.2) is 18.2 Å². The highest BCUT2D eigenvalue weighted by Crippen LogP contribution is 2.22. The van der Waals surface area contributed by atoms with Crippen LogP contribution in [0.3, 0.4) is 0 Å². The molecule has 5 heteroatoms. The standard InChI is InChI=1S/C15H24FN3O/c1-4-9-18-15(20)11-19(3)14-8-6-7-13(16)12(14)10-17-5-2/h6-8,17H,4-5,9-11H2,1-3H3,(H,18,20).